The Morgan fingerprint density at radius 1 is 1.16 bits per heavy atom. The SMILES string of the molecule is COC(=O)C1(C)OCC(Cc2ccc(OCc3nc4ccccc4c(=O)n3C)cc2)CO1. The highest BCUT2D eigenvalue weighted by Crippen LogP contribution is 2.25. The number of methoxy groups -OCH3 is 1. The molecule has 8 heteroatoms. The molecule has 4 rings (SSSR count). The van der Waals surface area contributed by atoms with Crippen molar-refractivity contribution in [2.24, 2.45) is 13.0 Å². The predicted octanol–water partition coefficient (Wildman–Crippen LogP) is 2.61. The van der Waals surface area contributed by atoms with E-state index in [1.807, 2.05) is 42.5 Å². The Bertz CT molecular complexity index is 1160. The summed E-state index contributed by atoms with van der Waals surface area (Å²) in [5, 5.41) is 0.589. The first-order valence-corrected chi connectivity index (χ1v) is 10.4. The molecule has 1 saturated heterocycles. The molecule has 8 nitrogen and oxygen atoms in total. The fourth-order valence-electron chi connectivity index (χ4n) is 3.66. The van der Waals surface area contributed by atoms with E-state index in [4.69, 9.17) is 18.9 Å². The van der Waals surface area contributed by atoms with Crippen molar-refractivity contribution in [1.29, 1.82) is 0 Å². The third-order valence-corrected chi connectivity index (χ3v) is 5.64. The first-order valence-electron chi connectivity index (χ1n) is 10.4. The van der Waals surface area contributed by atoms with Crippen LogP contribution in [-0.4, -0.2) is 41.6 Å². The summed E-state index contributed by atoms with van der Waals surface area (Å²) < 4.78 is 23.3. The summed E-state index contributed by atoms with van der Waals surface area (Å²) in [6.07, 6.45) is 0.748. The molecule has 0 atom stereocenters. The van der Waals surface area contributed by atoms with Crippen molar-refractivity contribution in [3.63, 3.8) is 0 Å². The topological polar surface area (TPSA) is 88.9 Å². The number of carbonyl (C=O) groups is 1. The van der Waals surface area contributed by atoms with Crippen molar-refractivity contribution in [1.82, 2.24) is 9.55 Å². The number of hydrogen-bond acceptors (Lipinski definition) is 7. The summed E-state index contributed by atoms with van der Waals surface area (Å²) in [5.41, 5.74) is 1.67. The lowest BCUT2D eigenvalue weighted by atomic mass is 9.99. The second kappa shape index (κ2) is 9.10. The lowest BCUT2D eigenvalue weighted by molar-refractivity contribution is -0.272. The van der Waals surface area contributed by atoms with Gasteiger partial charge in [-0.1, -0.05) is 24.3 Å². The molecule has 0 saturated carbocycles. The summed E-state index contributed by atoms with van der Waals surface area (Å²) in [6, 6.07) is 15.0. The lowest BCUT2D eigenvalue weighted by Gasteiger charge is -2.35. The van der Waals surface area contributed by atoms with E-state index >= 15 is 0 Å². The van der Waals surface area contributed by atoms with Crippen LogP contribution in [0.2, 0.25) is 0 Å². The Balaban J connectivity index is 1.35. The number of para-hydroxylation sites is 1. The largest absolute Gasteiger partial charge is 0.486 e. The predicted molar refractivity (Wildman–Crippen MR) is 117 cm³/mol. The second-order valence-electron chi connectivity index (χ2n) is 7.97. The molecule has 0 aliphatic carbocycles. The minimum absolute atomic E-state index is 0.0928. The molecule has 2 heterocycles. The molecule has 0 amide bonds. The molecule has 1 aliphatic rings. The molecule has 0 N–H and O–H groups in total. The third-order valence-electron chi connectivity index (χ3n) is 5.64. The van der Waals surface area contributed by atoms with E-state index in [0.717, 1.165) is 12.0 Å². The monoisotopic (exact) mass is 438 g/mol. The van der Waals surface area contributed by atoms with Gasteiger partial charge in [0.05, 0.1) is 31.2 Å². The molecule has 0 radical (unpaired) electrons. The molecule has 1 aromatic heterocycles. The third kappa shape index (κ3) is 4.51. The minimum atomic E-state index is -1.33. The second-order valence-corrected chi connectivity index (χ2v) is 7.97. The molecule has 0 unspecified atom stereocenters. The van der Waals surface area contributed by atoms with Gasteiger partial charge < -0.3 is 18.9 Å². The van der Waals surface area contributed by atoms with Crippen molar-refractivity contribution < 1.29 is 23.7 Å². The van der Waals surface area contributed by atoms with E-state index in [9.17, 15) is 9.59 Å². The Labute approximate surface area is 185 Å². The Morgan fingerprint density at radius 2 is 1.84 bits per heavy atom. The Hall–Kier alpha value is -3.23. The molecule has 32 heavy (non-hydrogen) atoms. The van der Waals surface area contributed by atoms with Gasteiger partial charge in [-0.05, 0) is 36.2 Å². The van der Waals surface area contributed by atoms with Gasteiger partial charge in [-0.3, -0.25) is 9.36 Å². The van der Waals surface area contributed by atoms with Crippen LogP contribution in [-0.2, 0) is 39.1 Å². The van der Waals surface area contributed by atoms with Crippen molar-refractivity contribution >= 4 is 16.9 Å². The van der Waals surface area contributed by atoms with Gasteiger partial charge in [-0.15, -0.1) is 0 Å². The number of nitrogens with zero attached hydrogens (tertiary/aromatic N) is 2. The average molecular weight is 438 g/mol. The Morgan fingerprint density at radius 3 is 2.53 bits per heavy atom. The number of fused-ring (bicyclic) bond motifs is 1. The average Bonchev–Trinajstić information content (AvgIpc) is 2.82. The molecular formula is C24H26N2O6. The molecule has 0 spiro atoms. The van der Waals surface area contributed by atoms with Gasteiger partial charge in [-0.2, -0.15) is 0 Å². The zero-order chi connectivity index (χ0) is 22.7. The lowest BCUT2D eigenvalue weighted by Crippen LogP contribution is -2.48. The van der Waals surface area contributed by atoms with Crippen LogP contribution in [0.4, 0.5) is 0 Å². The van der Waals surface area contributed by atoms with E-state index in [0.29, 0.717) is 35.7 Å². The van der Waals surface area contributed by atoms with Crippen molar-refractivity contribution in [3.8, 4) is 5.75 Å². The van der Waals surface area contributed by atoms with E-state index in [1.165, 1.54) is 11.7 Å². The van der Waals surface area contributed by atoms with E-state index in [1.54, 1.807) is 20.0 Å². The summed E-state index contributed by atoms with van der Waals surface area (Å²) in [6.45, 7) is 2.57. The van der Waals surface area contributed by atoms with Crippen LogP contribution >= 0.6 is 0 Å². The van der Waals surface area contributed by atoms with Crippen LogP contribution in [0.25, 0.3) is 10.9 Å². The summed E-state index contributed by atoms with van der Waals surface area (Å²) in [5.74, 6) is -0.486. The summed E-state index contributed by atoms with van der Waals surface area (Å²) in [4.78, 5) is 28.8. The molecule has 2 aromatic carbocycles. The van der Waals surface area contributed by atoms with Gasteiger partial charge in [0.2, 0.25) is 0 Å². The van der Waals surface area contributed by atoms with Gasteiger partial charge >= 0.3 is 5.97 Å². The zero-order valence-corrected chi connectivity index (χ0v) is 18.4. The molecule has 1 aliphatic heterocycles. The first-order chi connectivity index (χ1) is 15.4. The first kappa shape index (κ1) is 22.0. The van der Waals surface area contributed by atoms with Gasteiger partial charge in [0, 0.05) is 19.9 Å². The van der Waals surface area contributed by atoms with Crippen LogP contribution < -0.4 is 10.3 Å². The molecular weight excluding hydrogens is 412 g/mol. The highest BCUT2D eigenvalue weighted by Gasteiger charge is 2.41. The van der Waals surface area contributed by atoms with Gasteiger partial charge in [0.15, 0.2) is 0 Å². The maximum absolute atomic E-state index is 12.5. The highest BCUT2D eigenvalue weighted by atomic mass is 16.7. The van der Waals surface area contributed by atoms with E-state index in [2.05, 4.69) is 4.98 Å². The van der Waals surface area contributed by atoms with E-state index < -0.39 is 11.8 Å². The van der Waals surface area contributed by atoms with Crippen LogP contribution in [0.3, 0.4) is 0 Å². The zero-order valence-electron chi connectivity index (χ0n) is 18.4. The maximum Gasteiger partial charge on any atom is 0.366 e. The van der Waals surface area contributed by atoms with E-state index in [-0.39, 0.29) is 18.1 Å². The number of carbonyl (C=O) groups excluding carboxylic acids is 1. The highest BCUT2D eigenvalue weighted by molar-refractivity contribution is 5.77. The molecule has 3 aromatic rings. The van der Waals surface area contributed by atoms with Crippen molar-refractivity contribution in [3.05, 3.63) is 70.3 Å². The van der Waals surface area contributed by atoms with Crippen molar-refractivity contribution in [2.75, 3.05) is 20.3 Å². The number of ether oxygens (including phenoxy) is 4. The maximum atomic E-state index is 12.5. The number of aromatic nitrogens is 2. The minimum Gasteiger partial charge on any atom is -0.486 e. The smallest absolute Gasteiger partial charge is 0.366 e. The summed E-state index contributed by atoms with van der Waals surface area (Å²) in [7, 11) is 3.01. The van der Waals surface area contributed by atoms with Crippen LogP contribution in [0, 0.1) is 5.92 Å². The number of benzene rings is 2. The van der Waals surface area contributed by atoms with Gasteiger partial charge in [-0.25, -0.2) is 9.78 Å². The number of rotatable bonds is 6. The van der Waals surface area contributed by atoms with Crippen LogP contribution in [0.15, 0.2) is 53.3 Å². The fraction of sp³-hybridized carbons (Fsp3) is 0.375. The molecule has 168 valence electrons. The standard InChI is InChI=1S/C24H26N2O6/c1-24(23(28)29-3)31-13-17(14-32-24)12-16-8-10-18(11-9-16)30-15-21-25-20-7-5-4-6-19(20)22(27)26(21)2/h4-11,17H,12-15H2,1-3H3. The van der Waals surface area contributed by atoms with Crippen LogP contribution in [0.1, 0.15) is 18.3 Å². The molecule has 0 bridgehead atoms. The summed E-state index contributed by atoms with van der Waals surface area (Å²) >= 11 is 0. The van der Waals surface area contributed by atoms with Crippen LogP contribution in [0.5, 0.6) is 5.75 Å². The molecule has 1 fully saturated rings. The van der Waals surface area contributed by atoms with Gasteiger partial charge in [0.25, 0.3) is 11.3 Å². The fourth-order valence-corrected chi connectivity index (χ4v) is 3.66. The quantitative estimate of drug-likeness (QED) is 0.547. The number of hydrogen-bond donors (Lipinski definition) is 0. The Kier molecular flexibility index (Phi) is 6.25. The number of esters is 1. The van der Waals surface area contributed by atoms with Crippen molar-refractivity contribution in [2.45, 2.75) is 25.7 Å². The van der Waals surface area contributed by atoms with Gasteiger partial charge in [0.1, 0.15) is 18.2 Å². The normalized spacial score (nSPS) is 20.8.